The zero-order chi connectivity index (χ0) is 17.6. The molecule has 2 N–H and O–H groups in total. The normalized spacial score (nSPS) is 11.5. The lowest BCUT2D eigenvalue weighted by Crippen LogP contribution is -2.43. The van der Waals surface area contributed by atoms with Gasteiger partial charge < -0.3 is 10.5 Å². The van der Waals surface area contributed by atoms with Crippen LogP contribution in [0.2, 0.25) is 0 Å². The fourth-order valence-corrected chi connectivity index (χ4v) is 2.45. The van der Waals surface area contributed by atoms with E-state index >= 15 is 0 Å². The number of nitrogens with zero attached hydrogens (tertiary/aromatic N) is 1. The highest BCUT2D eigenvalue weighted by atomic mass is 16.6. The summed E-state index contributed by atoms with van der Waals surface area (Å²) in [6.45, 7) is 0. The minimum Gasteiger partial charge on any atom is -0.395 e. The lowest BCUT2D eigenvalue weighted by atomic mass is 10.1. The highest BCUT2D eigenvalue weighted by molar-refractivity contribution is 5.92. The Morgan fingerprint density at radius 1 is 0.840 bits per heavy atom. The SMILES string of the molecule is NC(=O)c1ccc[n+](C(OC(=O)c2ccccc2)c2ccccc2)c1. The van der Waals surface area contributed by atoms with Gasteiger partial charge in [-0.2, -0.15) is 4.57 Å². The first-order valence-electron chi connectivity index (χ1n) is 7.77. The minimum absolute atomic E-state index is 0.333. The van der Waals surface area contributed by atoms with Crippen LogP contribution in [0.3, 0.4) is 0 Å². The number of ether oxygens (including phenoxy) is 1. The van der Waals surface area contributed by atoms with E-state index in [0.29, 0.717) is 11.1 Å². The van der Waals surface area contributed by atoms with Gasteiger partial charge in [0.25, 0.3) is 5.91 Å². The summed E-state index contributed by atoms with van der Waals surface area (Å²) >= 11 is 0. The predicted octanol–water partition coefficient (Wildman–Crippen LogP) is 2.48. The largest absolute Gasteiger partial charge is 0.395 e. The fraction of sp³-hybridized carbons (Fsp3) is 0.0500. The Bertz CT molecular complexity index is 880. The van der Waals surface area contributed by atoms with Crippen LogP contribution in [-0.4, -0.2) is 11.9 Å². The van der Waals surface area contributed by atoms with Crippen molar-refractivity contribution < 1.29 is 18.9 Å². The van der Waals surface area contributed by atoms with E-state index in [1.807, 2.05) is 36.4 Å². The summed E-state index contributed by atoms with van der Waals surface area (Å²) in [7, 11) is 0. The molecular formula is C20H17N2O3+. The second-order valence-corrected chi connectivity index (χ2v) is 5.44. The Kier molecular flexibility index (Phi) is 4.85. The summed E-state index contributed by atoms with van der Waals surface area (Å²) in [5, 5.41) is 0. The molecular weight excluding hydrogens is 316 g/mol. The van der Waals surface area contributed by atoms with Crippen LogP contribution in [0.15, 0.2) is 85.2 Å². The molecule has 5 heteroatoms. The molecule has 3 aromatic rings. The van der Waals surface area contributed by atoms with Gasteiger partial charge in [-0.15, -0.1) is 0 Å². The Morgan fingerprint density at radius 2 is 1.44 bits per heavy atom. The third kappa shape index (κ3) is 3.90. The number of pyridine rings is 1. The molecule has 124 valence electrons. The van der Waals surface area contributed by atoms with Crippen molar-refractivity contribution >= 4 is 11.9 Å². The van der Waals surface area contributed by atoms with Gasteiger partial charge in [-0.05, 0) is 30.3 Å². The van der Waals surface area contributed by atoms with Crippen molar-refractivity contribution in [3.8, 4) is 0 Å². The van der Waals surface area contributed by atoms with Crippen molar-refractivity contribution in [2.75, 3.05) is 0 Å². The summed E-state index contributed by atoms with van der Waals surface area (Å²) in [6.07, 6.45) is 2.58. The zero-order valence-corrected chi connectivity index (χ0v) is 13.4. The molecule has 0 saturated carbocycles. The predicted molar refractivity (Wildman–Crippen MR) is 91.6 cm³/mol. The molecule has 1 amide bonds. The van der Waals surface area contributed by atoms with Gasteiger partial charge in [-0.3, -0.25) is 4.79 Å². The highest BCUT2D eigenvalue weighted by Gasteiger charge is 2.26. The summed E-state index contributed by atoms with van der Waals surface area (Å²) in [5.74, 6) is -0.998. The highest BCUT2D eigenvalue weighted by Crippen LogP contribution is 2.16. The molecule has 25 heavy (non-hydrogen) atoms. The van der Waals surface area contributed by atoms with Crippen LogP contribution in [0.25, 0.3) is 0 Å². The molecule has 0 saturated heterocycles. The first kappa shape index (κ1) is 16.4. The van der Waals surface area contributed by atoms with Crippen LogP contribution < -0.4 is 10.3 Å². The average Bonchev–Trinajstić information content (AvgIpc) is 2.67. The van der Waals surface area contributed by atoms with Gasteiger partial charge in [-0.1, -0.05) is 36.4 Å². The summed E-state index contributed by atoms with van der Waals surface area (Å²) in [4.78, 5) is 24.0. The van der Waals surface area contributed by atoms with Crippen molar-refractivity contribution in [3.05, 3.63) is 102 Å². The maximum atomic E-state index is 12.5. The molecule has 2 aromatic carbocycles. The summed E-state index contributed by atoms with van der Waals surface area (Å²) in [5.41, 5.74) is 6.92. The van der Waals surface area contributed by atoms with E-state index in [0.717, 1.165) is 5.56 Å². The number of hydrogen-bond acceptors (Lipinski definition) is 3. The number of carbonyl (C=O) groups excluding carboxylic acids is 2. The topological polar surface area (TPSA) is 73.3 Å². The van der Waals surface area contributed by atoms with E-state index in [1.165, 1.54) is 0 Å². The number of aromatic nitrogens is 1. The summed E-state index contributed by atoms with van der Waals surface area (Å²) in [6, 6.07) is 21.4. The molecule has 3 rings (SSSR count). The number of amides is 1. The van der Waals surface area contributed by atoms with Crippen molar-refractivity contribution in [1.82, 2.24) is 0 Å². The maximum Gasteiger partial charge on any atom is 0.343 e. The molecule has 0 radical (unpaired) electrons. The lowest BCUT2D eigenvalue weighted by molar-refractivity contribution is -0.746. The summed E-state index contributed by atoms with van der Waals surface area (Å²) < 4.78 is 7.36. The van der Waals surface area contributed by atoms with Crippen molar-refractivity contribution in [2.45, 2.75) is 6.23 Å². The first-order chi connectivity index (χ1) is 12.1. The van der Waals surface area contributed by atoms with Gasteiger partial charge in [0, 0.05) is 6.07 Å². The van der Waals surface area contributed by atoms with Crippen LogP contribution >= 0.6 is 0 Å². The van der Waals surface area contributed by atoms with E-state index in [2.05, 4.69) is 0 Å². The first-order valence-corrected chi connectivity index (χ1v) is 7.77. The number of primary amides is 1. The van der Waals surface area contributed by atoms with Gasteiger partial charge in [0.2, 0.25) is 0 Å². The number of carbonyl (C=O) groups is 2. The maximum absolute atomic E-state index is 12.5. The Morgan fingerprint density at radius 3 is 2.08 bits per heavy atom. The van der Waals surface area contributed by atoms with Gasteiger partial charge in [-0.25, -0.2) is 4.79 Å². The third-order valence-electron chi connectivity index (χ3n) is 3.69. The lowest BCUT2D eigenvalue weighted by Gasteiger charge is -2.14. The Hall–Kier alpha value is -3.47. The second kappa shape index (κ2) is 7.40. The number of nitrogens with two attached hydrogens (primary N) is 1. The van der Waals surface area contributed by atoms with Crippen molar-refractivity contribution in [1.29, 1.82) is 0 Å². The number of rotatable bonds is 5. The monoisotopic (exact) mass is 333 g/mol. The standard InChI is InChI=1S/C20H16N2O3/c21-18(23)17-12-7-13-22(14-17)19(15-8-3-1-4-9-15)25-20(24)16-10-5-2-6-11-16/h1-14,19H,(H-,21,23)/p+1. The quantitative estimate of drug-likeness (QED) is 0.576. The van der Waals surface area contributed by atoms with E-state index in [-0.39, 0.29) is 0 Å². The molecule has 1 unspecified atom stereocenters. The minimum atomic E-state index is -0.715. The average molecular weight is 333 g/mol. The van der Waals surface area contributed by atoms with Crippen LogP contribution in [-0.2, 0) is 4.74 Å². The zero-order valence-electron chi connectivity index (χ0n) is 13.4. The molecule has 0 aliphatic rings. The number of esters is 1. The van der Waals surface area contributed by atoms with Crippen LogP contribution in [0.4, 0.5) is 0 Å². The molecule has 5 nitrogen and oxygen atoms in total. The van der Waals surface area contributed by atoms with Crippen molar-refractivity contribution in [3.63, 3.8) is 0 Å². The van der Waals surface area contributed by atoms with E-state index in [4.69, 9.17) is 10.5 Å². The molecule has 0 aliphatic carbocycles. The molecule has 0 bridgehead atoms. The second-order valence-electron chi connectivity index (χ2n) is 5.44. The van der Waals surface area contributed by atoms with Gasteiger partial charge in [0.15, 0.2) is 12.4 Å². The molecule has 1 heterocycles. The molecule has 0 fully saturated rings. The Labute approximate surface area is 145 Å². The number of benzene rings is 2. The van der Waals surface area contributed by atoms with Crippen molar-refractivity contribution in [2.24, 2.45) is 5.73 Å². The van der Waals surface area contributed by atoms with Crippen LogP contribution in [0.1, 0.15) is 32.5 Å². The molecule has 1 aromatic heterocycles. The smallest absolute Gasteiger partial charge is 0.343 e. The van der Waals surface area contributed by atoms with E-state index in [1.54, 1.807) is 53.4 Å². The molecule has 0 spiro atoms. The molecule has 0 aliphatic heterocycles. The molecule has 1 atom stereocenters. The Balaban J connectivity index is 1.98. The number of hydrogen-bond donors (Lipinski definition) is 1. The van der Waals surface area contributed by atoms with Gasteiger partial charge in [0.1, 0.15) is 5.56 Å². The van der Waals surface area contributed by atoms with E-state index in [9.17, 15) is 9.59 Å². The third-order valence-corrected chi connectivity index (χ3v) is 3.69. The van der Waals surface area contributed by atoms with Crippen LogP contribution in [0.5, 0.6) is 0 Å². The fourth-order valence-electron chi connectivity index (χ4n) is 2.45. The van der Waals surface area contributed by atoms with Gasteiger partial charge >= 0.3 is 12.2 Å². The van der Waals surface area contributed by atoms with E-state index < -0.39 is 18.1 Å². The van der Waals surface area contributed by atoms with Gasteiger partial charge in [0.05, 0.1) is 11.1 Å². The van der Waals surface area contributed by atoms with Crippen LogP contribution in [0, 0.1) is 0 Å².